The van der Waals surface area contributed by atoms with Crippen LogP contribution in [0.3, 0.4) is 0 Å². The number of nitrogen functional groups attached to an aromatic ring is 1. The molecule has 0 spiro atoms. The molecule has 0 radical (unpaired) electrons. The smallest absolute Gasteiger partial charge is 0.227 e. The van der Waals surface area contributed by atoms with E-state index < -0.39 is 11.9 Å². The van der Waals surface area contributed by atoms with Crippen LogP contribution in [0.4, 0.5) is 10.2 Å². The summed E-state index contributed by atoms with van der Waals surface area (Å²) in [4.78, 5) is 18.9. The maximum absolute atomic E-state index is 14.0. The Balaban J connectivity index is 1.41. The summed E-state index contributed by atoms with van der Waals surface area (Å²) in [5.74, 6) is 0.0462. The minimum absolute atomic E-state index is 0.0636. The number of halogens is 3. The van der Waals surface area contributed by atoms with Gasteiger partial charge in [0.15, 0.2) is 11.4 Å². The number of furan rings is 1. The normalized spacial score (nSPS) is 19.1. The maximum atomic E-state index is 14.0. The van der Waals surface area contributed by atoms with E-state index >= 15 is 0 Å². The summed E-state index contributed by atoms with van der Waals surface area (Å²) in [5.41, 5.74) is 8.81. The molecule has 1 saturated heterocycles. The highest BCUT2D eigenvalue weighted by molar-refractivity contribution is 6.36. The first-order chi connectivity index (χ1) is 16.8. The summed E-state index contributed by atoms with van der Waals surface area (Å²) < 4.78 is 26.0. The van der Waals surface area contributed by atoms with E-state index in [1.165, 1.54) is 12.1 Å². The van der Waals surface area contributed by atoms with Crippen molar-refractivity contribution in [2.75, 3.05) is 31.9 Å². The molecule has 10 heteroatoms. The Labute approximate surface area is 212 Å². The number of ether oxygens (including phenoxy) is 1. The van der Waals surface area contributed by atoms with Crippen molar-refractivity contribution in [3.63, 3.8) is 0 Å². The van der Waals surface area contributed by atoms with Gasteiger partial charge in [-0.2, -0.15) is 0 Å². The molecular weight excluding hydrogens is 494 g/mol. The number of nitrogens with one attached hydrogen (secondary N) is 1. The Kier molecular flexibility index (Phi) is 6.61. The number of anilines is 1. The highest BCUT2D eigenvalue weighted by Crippen LogP contribution is 2.41. The predicted molar refractivity (Wildman–Crippen MR) is 134 cm³/mol. The van der Waals surface area contributed by atoms with Gasteiger partial charge in [-0.05, 0) is 44.0 Å². The van der Waals surface area contributed by atoms with Crippen LogP contribution in [0.1, 0.15) is 37.0 Å². The van der Waals surface area contributed by atoms with Crippen molar-refractivity contribution in [3.05, 3.63) is 57.7 Å². The number of rotatable bonds is 5. The van der Waals surface area contributed by atoms with Crippen LogP contribution in [-0.2, 0) is 4.79 Å². The number of amides is 1. The molecule has 3 N–H and O–H groups in total. The van der Waals surface area contributed by atoms with Gasteiger partial charge < -0.3 is 25.1 Å². The number of nitrogens with zero attached hydrogens (tertiary/aromatic N) is 2. The maximum Gasteiger partial charge on any atom is 0.227 e. The highest BCUT2D eigenvalue weighted by Gasteiger charge is 2.29. The molecule has 0 saturated carbocycles. The van der Waals surface area contributed by atoms with E-state index in [9.17, 15) is 9.18 Å². The summed E-state index contributed by atoms with van der Waals surface area (Å²) in [6.45, 7) is 4.54. The summed E-state index contributed by atoms with van der Waals surface area (Å²) in [6, 6.07) is 2.63. The summed E-state index contributed by atoms with van der Waals surface area (Å²) in [5, 5.41) is 4.16. The third kappa shape index (κ3) is 4.46. The van der Waals surface area contributed by atoms with Crippen LogP contribution in [0.25, 0.3) is 16.5 Å². The van der Waals surface area contributed by atoms with E-state index in [4.69, 9.17) is 38.1 Å². The first-order valence-corrected chi connectivity index (χ1v) is 12.3. The number of pyridine rings is 1. The van der Waals surface area contributed by atoms with Crippen LogP contribution in [0.2, 0.25) is 10.0 Å². The van der Waals surface area contributed by atoms with Crippen LogP contribution < -0.4 is 15.8 Å². The van der Waals surface area contributed by atoms with Crippen LogP contribution in [0, 0.1) is 11.7 Å². The Morgan fingerprint density at radius 3 is 2.94 bits per heavy atom. The largest absolute Gasteiger partial charge is 0.478 e. The molecule has 1 amide bonds. The van der Waals surface area contributed by atoms with Gasteiger partial charge in [0.1, 0.15) is 11.9 Å². The molecule has 0 aliphatic carbocycles. The van der Waals surface area contributed by atoms with Gasteiger partial charge in [-0.1, -0.05) is 29.3 Å². The Bertz CT molecular complexity index is 1320. The molecule has 2 aliphatic rings. The average molecular weight is 519 g/mol. The summed E-state index contributed by atoms with van der Waals surface area (Å²) >= 11 is 12.4. The second kappa shape index (κ2) is 9.68. The molecule has 4 heterocycles. The van der Waals surface area contributed by atoms with Gasteiger partial charge >= 0.3 is 0 Å². The van der Waals surface area contributed by atoms with Crippen molar-refractivity contribution >= 4 is 51.5 Å². The summed E-state index contributed by atoms with van der Waals surface area (Å²) in [7, 11) is 0. The van der Waals surface area contributed by atoms with Crippen LogP contribution >= 0.6 is 23.2 Å². The number of carbonyl (C=O) groups excluding carboxylic acids is 1. The summed E-state index contributed by atoms with van der Waals surface area (Å²) in [6.07, 6.45) is 6.22. The SMILES string of the molecule is C[C@@H](Oc1c(N)ncc2c(C3=CCN(C(=O)[C@H]4CCNC4)CC3)coc12)c1c(Cl)ccc(F)c1Cl. The topological polar surface area (TPSA) is 93.6 Å². The quantitative estimate of drug-likeness (QED) is 0.449. The predicted octanol–water partition coefficient (Wildman–Crippen LogP) is 5.22. The van der Waals surface area contributed by atoms with Crippen molar-refractivity contribution in [3.8, 4) is 5.75 Å². The van der Waals surface area contributed by atoms with Crippen LogP contribution in [0.5, 0.6) is 5.75 Å². The van der Waals surface area contributed by atoms with Crippen molar-refractivity contribution in [2.45, 2.75) is 25.9 Å². The number of carbonyl (C=O) groups is 1. The van der Waals surface area contributed by atoms with Gasteiger partial charge in [0.25, 0.3) is 0 Å². The molecule has 184 valence electrons. The third-order valence-electron chi connectivity index (χ3n) is 6.66. The Morgan fingerprint density at radius 2 is 2.23 bits per heavy atom. The number of benzene rings is 1. The lowest BCUT2D eigenvalue weighted by atomic mass is 9.98. The molecule has 35 heavy (non-hydrogen) atoms. The van der Waals surface area contributed by atoms with Gasteiger partial charge in [-0.3, -0.25) is 4.79 Å². The van der Waals surface area contributed by atoms with E-state index in [-0.39, 0.29) is 33.4 Å². The standard InChI is InChI=1S/C25H25Cl2FN4O3/c1-13(20-18(26)2-3-19(28)21(20)27)35-23-22-16(11-31-24(23)29)17(12-34-22)14-5-8-32(9-6-14)25(33)15-4-7-30-10-15/h2-3,5,11-13,15,30H,4,6-10H2,1H3,(H2,29,31)/t13-,15+/m1/s1. The van der Waals surface area contributed by atoms with E-state index in [0.717, 1.165) is 36.0 Å². The molecule has 2 atom stereocenters. The number of fused-ring (bicyclic) bond motifs is 1. The van der Waals surface area contributed by atoms with E-state index in [2.05, 4.69) is 16.4 Å². The zero-order chi connectivity index (χ0) is 24.7. The van der Waals surface area contributed by atoms with Gasteiger partial charge in [0.2, 0.25) is 11.7 Å². The van der Waals surface area contributed by atoms with E-state index in [1.54, 1.807) is 19.4 Å². The Hall–Kier alpha value is -2.81. The molecule has 2 aromatic heterocycles. The first-order valence-electron chi connectivity index (χ1n) is 11.5. The lowest BCUT2D eigenvalue weighted by molar-refractivity contribution is -0.134. The molecule has 7 nitrogen and oxygen atoms in total. The number of aromatic nitrogens is 1. The molecule has 2 aliphatic heterocycles. The van der Waals surface area contributed by atoms with Crippen molar-refractivity contribution in [1.29, 1.82) is 0 Å². The van der Waals surface area contributed by atoms with Crippen LogP contribution in [-0.4, -0.2) is 42.0 Å². The number of nitrogens with two attached hydrogens (primary N) is 1. The van der Waals surface area contributed by atoms with Gasteiger partial charge in [0, 0.05) is 42.0 Å². The lowest BCUT2D eigenvalue weighted by Crippen LogP contribution is -2.39. The number of hydrogen-bond acceptors (Lipinski definition) is 6. The highest BCUT2D eigenvalue weighted by atomic mass is 35.5. The monoisotopic (exact) mass is 518 g/mol. The minimum Gasteiger partial charge on any atom is -0.478 e. The average Bonchev–Trinajstić information content (AvgIpc) is 3.54. The fourth-order valence-electron chi connectivity index (χ4n) is 4.73. The molecule has 0 bridgehead atoms. The van der Waals surface area contributed by atoms with Gasteiger partial charge in [0.05, 0.1) is 22.6 Å². The first kappa shape index (κ1) is 23.9. The van der Waals surface area contributed by atoms with E-state index in [1.807, 2.05) is 4.90 Å². The van der Waals surface area contributed by atoms with Crippen molar-refractivity contribution in [2.24, 2.45) is 5.92 Å². The molecule has 1 fully saturated rings. The zero-order valence-corrected chi connectivity index (χ0v) is 20.6. The second-order valence-corrected chi connectivity index (χ2v) is 9.62. The third-order valence-corrected chi connectivity index (χ3v) is 7.37. The second-order valence-electron chi connectivity index (χ2n) is 8.84. The van der Waals surface area contributed by atoms with Gasteiger partial charge in [-0.25, -0.2) is 9.37 Å². The molecule has 5 rings (SSSR count). The minimum atomic E-state index is -0.715. The van der Waals surface area contributed by atoms with Crippen molar-refractivity contribution in [1.82, 2.24) is 15.2 Å². The fourth-order valence-corrected chi connectivity index (χ4v) is 5.41. The molecular formula is C25H25Cl2FN4O3. The Morgan fingerprint density at radius 1 is 1.40 bits per heavy atom. The fraction of sp³-hybridized carbons (Fsp3) is 0.360. The zero-order valence-electron chi connectivity index (χ0n) is 19.1. The number of hydrogen-bond donors (Lipinski definition) is 2. The molecule has 3 aromatic rings. The molecule has 0 unspecified atom stereocenters. The van der Waals surface area contributed by atoms with Crippen molar-refractivity contribution < 1.29 is 18.3 Å². The molecule has 1 aromatic carbocycles. The van der Waals surface area contributed by atoms with Crippen LogP contribution in [0.15, 0.2) is 35.1 Å². The van der Waals surface area contributed by atoms with Gasteiger partial charge in [-0.15, -0.1) is 0 Å². The lowest BCUT2D eigenvalue weighted by Gasteiger charge is -2.28. The van der Waals surface area contributed by atoms with E-state index in [0.29, 0.717) is 30.7 Å².